The number of carbonyl (C=O) groups is 1. The van der Waals surface area contributed by atoms with Crippen molar-refractivity contribution >= 4 is 56.4 Å². The Kier molecular flexibility index (Phi) is 8.06. The van der Waals surface area contributed by atoms with Gasteiger partial charge in [-0.05, 0) is 60.0 Å². The van der Waals surface area contributed by atoms with Gasteiger partial charge in [-0.15, -0.1) is 0 Å². The molecule has 0 spiro atoms. The fourth-order valence-electron chi connectivity index (χ4n) is 3.07. The van der Waals surface area contributed by atoms with Crippen molar-refractivity contribution in [3.05, 3.63) is 98.5 Å². The third kappa shape index (κ3) is 6.62. The predicted octanol–water partition coefficient (Wildman–Crippen LogP) is 5.59. The average molecular weight is 512 g/mol. The molecule has 1 N–H and O–H groups in total. The van der Waals surface area contributed by atoms with Crippen LogP contribution in [0.5, 0.6) is 0 Å². The maximum Gasteiger partial charge on any atom is 0.251 e. The van der Waals surface area contributed by atoms with E-state index in [0.717, 1.165) is 11.8 Å². The maximum absolute atomic E-state index is 12.4. The van der Waals surface area contributed by atoms with Crippen molar-refractivity contribution < 1.29 is 13.2 Å². The highest BCUT2D eigenvalue weighted by atomic mass is 35.5. The summed E-state index contributed by atoms with van der Waals surface area (Å²) < 4.78 is 25.9. The Labute approximate surface area is 203 Å². The predicted molar refractivity (Wildman–Crippen MR) is 131 cm³/mol. The first-order valence-electron chi connectivity index (χ1n) is 9.68. The Hall–Kier alpha value is -2.25. The smallest absolute Gasteiger partial charge is 0.251 e. The second-order valence-corrected chi connectivity index (χ2v) is 10.4. The van der Waals surface area contributed by atoms with Gasteiger partial charge in [0.05, 0.1) is 23.5 Å². The number of nitrogens with one attached hydrogen (secondary N) is 1. The molecule has 3 rings (SSSR count). The molecular formula is C23H21Cl3N2O3S. The van der Waals surface area contributed by atoms with Crippen LogP contribution in [0.1, 0.15) is 21.5 Å². The first-order chi connectivity index (χ1) is 15.1. The summed E-state index contributed by atoms with van der Waals surface area (Å²) in [6.07, 6.45) is 1.80. The van der Waals surface area contributed by atoms with Crippen LogP contribution in [0, 0.1) is 0 Å². The lowest BCUT2D eigenvalue weighted by Crippen LogP contribution is -2.29. The molecule has 0 heterocycles. The molecule has 9 heteroatoms. The summed E-state index contributed by atoms with van der Waals surface area (Å²) in [6.45, 7) is 0.553. The van der Waals surface area contributed by atoms with Gasteiger partial charge in [-0.3, -0.25) is 9.10 Å². The van der Waals surface area contributed by atoms with Crippen LogP contribution in [0.25, 0.3) is 0 Å². The first-order valence-corrected chi connectivity index (χ1v) is 12.7. The van der Waals surface area contributed by atoms with Crippen LogP contribution in [-0.2, 0) is 23.0 Å². The molecule has 0 aliphatic carbocycles. The zero-order chi connectivity index (χ0) is 23.3. The molecule has 0 atom stereocenters. The van der Waals surface area contributed by atoms with Gasteiger partial charge in [0.1, 0.15) is 0 Å². The number of halogens is 3. The minimum atomic E-state index is -3.60. The van der Waals surface area contributed by atoms with Crippen molar-refractivity contribution in [3.8, 4) is 0 Å². The number of nitrogens with zero attached hydrogens (tertiary/aromatic N) is 1. The molecule has 0 saturated heterocycles. The lowest BCUT2D eigenvalue weighted by molar-refractivity contribution is 0.0954. The van der Waals surface area contributed by atoms with E-state index in [1.54, 1.807) is 36.4 Å². The Balaban J connectivity index is 1.65. The molecule has 1 amide bonds. The van der Waals surface area contributed by atoms with E-state index < -0.39 is 10.0 Å². The lowest BCUT2D eigenvalue weighted by Gasteiger charge is -2.23. The number of anilines is 1. The molecular weight excluding hydrogens is 491 g/mol. The van der Waals surface area contributed by atoms with Gasteiger partial charge in [0.25, 0.3) is 5.91 Å². The van der Waals surface area contributed by atoms with Gasteiger partial charge in [-0.25, -0.2) is 8.42 Å². The van der Waals surface area contributed by atoms with E-state index in [-0.39, 0.29) is 17.5 Å². The standard InChI is InChI=1S/C23H21Cl3N2O3S/c1-32(30,31)28(22-11-10-20(25)14-21(22)26)15-17-2-6-18(7-3-17)23(29)27-13-12-16-4-8-19(24)9-5-16/h2-11,14H,12-13,15H2,1H3,(H,27,29). The number of hydrogen-bond donors (Lipinski definition) is 1. The Morgan fingerprint density at radius 2 is 1.47 bits per heavy atom. The normalized spacial score (nSPS) is 11.2. The van der Waals surface area contributed by atoms with Crippen LogP contribution in [0.15, 0.2) is 66.7 Å². The van der Waals surface area contributed by atoms with Crippen molar-refractivity contribution in [3.63, 3.8) is 0 Å². The monoisotopic (exact) mass is 510 g/mol. The van der Waals surface area contributed by atoms with Crippen molar-refractivity contribution in [2.45, 2.75) is 13.0 Å². The van der Waals surface area contributed by atoms with Crippen LogP contribution >= 0.6 is 34.8 Å². The number of benzene rings is 3. The first kappa shape index (κ1) is 24.4. The number of hydrogen-bond acceptors (Lipinski definition) is 3. The van der Waals surface area contributed by atoms with E-state index in [1.807, 2.05) is 24.3 Å². The highest BCUT2D eigenvalue weighted by Crippen LogP contribution is 2.31. The van der Waals surface area contributed by atoms with Crippen LogP contribution in [0.4, 0.5) is 5.69 Å². The molecule has 0 fully saturated rings. The third-order valence-corrected chi connectivity index (χ3v) is 6.65. The topological polar surface area (TPSA) is 66.5 Å². The second kappa shape index (κ2) is 10.6. The summed E-state index contributed by atoms with van der Waals surface area (Å²) in [6, 6.07) is 18.9. The second-order valence-electron chi connectivity index (χ2n) is 7.19. The Morgan fingerprint density at radius 3 is 2.06 bits per heavy atom. The summed E-state index contributed by atoms with van der Waals surface area (Å²) in [5.74, 6) is -0.203. The van der Waals surface area contributed by atoms with Gasteiger partial charge in [0.15, 0.2) is 0 Å². The molecule has 32 heavy (non-hydrogen) atoms. The van der Waals surface area contributed by atoms with E-state index in [2.05, 4.69) is 5.32 Å². The van der Waals surface area contributed by atoms with Crippen LogP contribution in [-0.4, -0.2) is 27.1 Å². The number of rotatable bonds is 8. The zero-order valence-electron chi connectivity index (χ0n) is 17.2. The van der Waals surface area contributed by atoms with Crippen molar-refractivity contribution in [1.29, 1.82) is 0 Å². The number of amides is 1. The zero-order valence-corrected chi connectivity index (χ0v) is 20.3. The van der Waals surface area contributed by atoms with Gasteiger partial charge in [-0.1, -0.05) is 59.1 Å². The summed E-state index contributed by atoms with van der Waals surface area (Å²) in [5, 5.41) is 4.20. The van der Waals surface area contributed by atoms with Gasteiger partial charge < -0.3 is 5.32 Å². The summed E-state index contributed by atoms with van der Waals surface area (Å²) >= 11 is 18.0. The minimum Gasteiger partial charge on any atom is -0.352 e. The van der Waals surface area contributed by atoms with Gasteiger partial charge >= 0.3 is 0 Å². The molecule has 0 radical (unpaired) electrons. The SMILES string of the molecule is CS(=O)(=O)N(Cc1ccc(C(=O)NCCc2ccc(Cl)cc2)cc1)c1ccc(Cl)cc1Cl. The van der Waals surface area contributed by atoms with Crippen molar-refractivity contribution in [1.82, 2.24) is 5.32 Å². The molecule has 3 aromatic carbocycles. The summed E-state index contributed by atoms with van der Waals surface area (Å²) in [7, 11) is -3.60. The largest absolute Gasteiger partial charge is 0.352 e. The average Bonchev–Trinajstić information content (AvgIpc) is 2.73. The Bertz CT molecular complexity index is 1200. The van der Waals surface area contributed by atoms with E-state index in [0.29, 0.717) is 39.8 Å². The van der Waals surface area contributed by atoms with E-state index >= 15 is 0 Å². The molecule has 0 bridgehead atoms. The minimum absolute atomic E-state index is 0.0681. The van der Waals surface area contributed by atoms with E-state index in [9.17, 15) is 13.2 Å². The summed E-state index contributed by atoms with van der Waals surface area (Å²) in [5.41, 5.74) is 2.61. The van der Waals surface area contributed by atoms with E-state index in [1.165, 1.54) is 10.4 Å². The molecule has 5 nitrogen and oxygen atoms in total. The molecule has 168 valence electrons. The Morgan fingerprint density at radius 1 is 0.875 bits per heavy atom. The molecule has 0 unspecified atom stereocenters. The molecule has 0 aromatic heterocycles. The van der Waals surface area contributed by atoms with Crippen molar-refractivity contribution in [2.75, 3.05) is 17.1 Å². The number of sulfonamides is 1. The molecule has 0 aliphatic heterocycles. The number of carbonyl (C=O) groups excluding carboxylic acids is 1. The summed E-state index contributed by atoms with van der Waals surface area (Å²) in [4.78, 5) is 12.4. The highest BCUT2D eigenvalue weighted by molar-refractivity contribution is 7.92. The highest BCUT2D eigenvalue weighted by Gasteiger charge is 2.21. The van der Waals surface area contributed by atoms with Crippen molar-refractivity contribution in [2.24, 2.45) is 0 Å². The molecule has 0 aliphatic rings. The van der Waals surface area contributed by atoms with Gasteiger partial charge in [0, 0.05) is 22.2 Å². The van der Waals surface area contributed by atoms with Crippen LogP contribution in [0.3, 0.4) is 0 Å². The van der Waals surface area contributed by atoms with Crippen LogP contribution < -0.4 is 9.62 Å². The third-order valence-electron chi connectivity index (χ3n) is 4.73. The lowest BCUT2D eigenvalue weighted by atomic mass is 10.1. The van der Waals surface area contributed by atoms with E-state index in [4.69, 9.17) is 34.8 Å². The fourth-order valence-corrected chi connectivity index (χ4v) is 4.65. The maximum atomic E-state index is 12.4. The van der Waals surface area contributed by atoms with Gasteiger partial charge in [0.2, 0.25) is 10.0 Å². The molecule has 0 saturated carbocycles. The van der Waals surface area contributed by atoms with Crippen LogP contribution in [0.2, 0.25) is 15.1 Å². The molecule has 3 aromatic rings. The van der Waals surface area contributed by atoms with Gasteiger partial charge in [-0.2, -0.15) is 0 Å². The quantitative estimate of drug-likeness (QED) is 0.429. The fraction of sp³-hybridized carbons (Fsp3) is 0.174.